The average Bonchev–Trinajstić information content (AvgIpc) is 2.78. The number of benzene rings is 1. The number of nitrogens with zero attached hydrogens (tertiary/aromatic N) is 3. The summed E-state index contributed by atoms with van der Waals surface area (Å²) in [6.07, 6.45) is 5.74. The van der Waals surface area contributed by atoms with Crippen LogP contribution in [0.1, 0.15) is 24.7 Å². The average molecular weight is 211 g/mol. The molecule has 80 valence electrons. The van der Waals surface area contributed by atoms with Gasteiger partial charge in [0.2, 0.25) is 0 Å². The van der Waals surface area contributed by atoms with Crippen LogP contribution in [0.15, 0.2) is 36.7 Å². The van der Waals surface area contributed by atoms with Gasteiger partial charge < -0.3 is 4.57 Å². The van der Waals surface area contributed by atoms with Gasteiger partial charge in [0.15, 0.2) is 0 Å². The minimum absolute atomic E-state index is 0.675. The van der Waals surface area contributed by atoms with Gasteiger partial charge in [-0.15, -0.1) is 0 Å². The number of aryl methyl sites for hydroxylation is 1. The molecule has 0 saturated heterocycles. The van der Waals surface area contributed by atoms with Gasteiger partial charge in [-0.3, -0.25) is 0 Å². The molecule has 1 aromatic heterocycles. The number of hydrogen-bond acceptors (Lipinski definition) is 2. The van der Waals surface area contributed by atoms with Gasteiger partial charge in [0.1, 0.15) is 5.82 Å². The van der Waals surface area contributed by atoms with E-state index >= 15 is 0 Å². The van der Waals surface area contributed by atoms with Crippen LogP contribution in [0.2, 0.25) is 0 Å². The van der Waals surface area contributed by atoms with Crippen LogP contribution in [-0.4, -0.2) is 9.55 Å². The van der Waals surface area contributed by atoms with Crippen LogP contribution in [0.5, 0.6) is 0 Å². The molecule has 0 aliphatic rings. The second kappa shape index (κ2) is 4.63. The topological polar surface area (TPSA) is 41.6 Å². The van der Waals surface area contributed by atoms with E-state index in [2.05, 4.69) is 18.0 Å². The minimum Gasteiger partial charge on any atom is -0.304 e. The molecular weight excluding hydrogens is 198 g/mol. The van der Waals surface area contributed by atoms with Crippen molar-refractivity contribution < 1.29 is 0 Å². The highest BCUT2D eigenvalue weighted by Gasteiger charge is 2.04. The maximum atomic E-state index is 8.86. The van der Waals surface area contributed by atoms with Crippen molar-refractivity contribution in [2.24, 2.45) is 0 Å². The molecule has 0 unspecified atom stereocenters. The lowest BCUT2D eigenvalue weighted by molar-refractivity contribution is 0.809. The van der Waals surface area contributed by atoms with E-state index in [1.807, 2.05) is 29.0 Å². The summed E-state index contributed by atoms with van der Waals surface area (Å²) in [5, 5.41) is 8.86. The van der Waals surface area contributed by atoms with Gasteiger partial charge in [0.05, 0.1) is 11.6 Å². The summed E-state index contributed by atoms with van der Waals surface area (Å²) in [5.41, 5.74) is 1.67. The predicted molar refractivity (Wildman–Crippen MR) is 62.3 cm³/mol. The first-order chi connectivity index (χ1) is 7.85. The molecule has 0 atom stereocenters. The SMILES string of the molecule is CCCc1nccn1-c1cccc(C#N)c1. The molecule has 0 bridgehead atoms. The van der Waals surface area contributed by atoms with Crippen LogP contribution in [0.4, 0.5) is 0 Å². The molecule has 2 rings (SSSR count). The van der Waals surface area contributed by atoms with Crippen LogP contribution in [0.3, 0.4) is 0 Å². The highest BCUT2D eigenvalue weighted by atomic mass is 15.1. The lowest BCUT2D eigenvalue weighted by Crippen LogP contribution is -2.00. The van der Waals surface area contributed by atoms with Crippen molar-refractivity contribution in [1.29, 1.82) is 5.26 Å². The Bertz CT molecular complexity index is 520. The maximum absolute atomic E-state index is 8.86. The highest BCUT2D eigenvalue weighted by Crippen LogP contribution is 2.13. The summed E-state index contributed by atoms with van der Waals surface area (Å²) < 4.78 is 2.03. The molecule has 3 nitrogen and oxygen atoms in total. The molecule has 1 aromatic carbocycles. The Hall–Kier alpha value is -2.08. The van der Waals surface area contributed by atoms with Gasteiger partial charge in [0.25, 0.3) is 0 Å². The first-order valence-corrected chi connectivity index (χ1v) is 5.38. The van der Waals surface area contributed by atoms with Crippen LogP contribution in [0.25, 0.3) is 5.69 Å². The van der Waals surface area contributed by atoms with Crippen LogP contribution in [0, 0.1) is 11.3 Å². The fourth-order valence-corrected chi connectivity index (χ4v) is 1.70. The third-order valence-electron chi connectivity index (χ3n) is 2.44. The highest BCUT2D eigenvalue weighted by molar-refractivity contribution is 5.41. The van der Waals surface area contributed by atoms with Gasteiger partial charge >= 0.3 is 0 Å². The second-order valence-electron chi connectivity index (χ2n) is 3.63. The zero-order valence-corrected chi connectivity index (χ0v) is 9.22. The Morgan fingerprint density at radius 1 is 1.44 bits per heavy atom. The summed E-state index contributed by atoms with van der Waals surface area (Å²) >= 11 is 0. The van der Waals surface area contributed by atoms with Gasteiger partial charge in [-0.2, -0.15) is 5.26 Å². The van der Waals surface area contributed by atoms with E-state index in [1.165, 1.54) is 0 Å². The number of nitriles is 1. The molecule has 0 aliphatic carbocycles. The van der Waals surface area contributed by atoms with Crippen LogP contribution < -0.4 is 0 Å². The van der Waals surface area contributed by atoms with E-state index in [0.717, 1.165) is 24.4 Å². The Morgan fingerprint density at radius 2 is 2.31 bits per heavy atom. The third kappa shape index (κ3) is 1.96. The molecule has 0 saturated carbocycles. The Kier molecular flexibility index (Phi) is 3.02. The van der Waals surface area contributed by atoms with Gasteiger partial charge in [-0.1, -0.05) is 13.0 Å². The van der Waals surface area contributed by atoms with E-state index in [4.69, 9.17) is 5.26 Å². The van der Waals surface area contributed by atoms with Crippen molar-refractivity contribution in [2.45, 2.75) is 19.8 Å². The van der Waals surface area contributed by atoms with Crippen molar-refractivity contribution >= 4 is 0 Å². The maximum Gasteiger partial charge on any atom is 0.113 e. The largest absolute Gasteiger partial charge is 0.304 e. The second-order valence-corrected chi connectivity index (χ2v) is 3.63. The number of hydrogen-bond donors (Lipinski definition) is 0. The lowest BCUT2D eigenvalue weighted by atomic mass is 10.2. The molecule has 0 fully saturated rings. The lowest BCUT2D eigenvalue weighted by Gasteiger charge is -2.06. The number of rotatable bonds is 3. The predicted octanol–water partition coefficient (Wildman–Crippen LogP) is 2.70. The van der Waals surface area contributed by atoms with Gasteiger partial charge in [-0.05, 0) is 24.6 Å². The first kappa shape index (κ1) is 10.4. The number of imidazole rings is 1. The molecule has 1 heterocycles. The summed E-state index contributed by atoms with van der Waals surface area (Å²) in [6, 6.07) is 9.71. The summed E-state index contributed by atoms with van der Waals surface area (Å²) in [6.45, 7) is 2.13. The Morgan fingerprint density at radius 3 is 3.06 bits per heavy atom. The van der Waals surface area contributed by atoms with Crippen molar-refractivity contribution in [1.82, 2.24) is 9.55 Å². The molecule has 16 heavy (non-hydrogen) atoms. The van der Waals surface area contributed by atoms with E-state index < -0.39 is 0 Å². The number of aromatic nitrogens is 2. The van der Waals surface area contributed by atoms with Crippen molar-refractivity contribution in [3.8, 4) is 11.8 Å². The fraction of sp³-hybridized carbons (Fsp3) is 0.231. The Labute approximate surface area is 95.0 Å². The van der Waals surface area contributed by atoms with Crippen molar-refractivity contribution in [3.63, 3.8) is 0 Å². The molecule has 0 N–H and O–H groups in total. The molecular formula is C13H13N3. The van der Waals surface area contributed by atoms with Crippen LogP contribution in [-0.2, 0) is 6.42 Å². The summed E-state index contributed by atoms with van der Waals surface area (Å²) in [4.78, 5) is 4.32. The zero-order chi connectivity index (χ0) is 11.4. The molecule has 2 aromatic rings. The van der Waals surface area contributed by atoms with Crippen molar-refractivity contribution in [2.75, 3.05) is 0 Å². The normalized spacial score (nSPS) is 10.0. The standard InChI is InChI=1S/C13H13N3/c1-2-4-13-15-7-8-16(13)12-6-3-5-11(9-12)10-14/h3,5-9H,2,4H2,1H3. The Balaban J connectivity index is 2.42. The van der Waals surface area contributed by atoms with E-state index in [1.54, 1.807) is 12.3 Å². The smallest absolute Gasteiger partial charge is 0.113 e. The first-order valence-electron chi connectivity index (χ1n) is 5.38. The molecule has 0 spiro atoms. The summed E-state index contributed by atoms with van der Waals surface area (Å²) in [5.74, 6) is 1.04. The zero-order valence-electron chi connectivity index (χ0n) is 9.22. The van der Waals surface area contributed by atoms with E-state index in [-0.39, 0.29) is 0 Å². The van der Waals surface area contributed by atoms with Gasteiger partial charge in [-0.25, -0.2) is 4.98 Å². The quantitative estimate of drug-likeness (QED) is 0.783. The summed E-state index contributed by atoms with van der Waals surface area (Å²) in [7, 11) is 0. The fourth-order valence-electron chi connectivity index (χ4n) is 1.70. The molecule has 0 amide bonds. The van der Waals surface area contributed by atoms with E-state index in [9.17, 15) is 0 Å². The van der Waals surface area contributed by atoms with Crippen LogP contribution >= 0.6 is 0 Å². The third-order valence-corrected chi connectivity index (χ3v) is 2.44. The monoisotopic (exact) mass is 211 g/mol. The minimum atomic E-state index is 0.675. The van der Waals surface area contributed by atoms with Crippen molar-refractivity contribution in [3.05, 3.63) is 48.0 Å². The molecule has 0 radical (unpaired) electrons. The van der Waals surface area contributed by atoms with E-state index in [0.29, 0.717) is 5.56 Å². The molecule has 3 heteroatoms. The molecule has 0 aliphatic heterocycles. The van der Waals surface area contributed by atoms with Gasteiger partial charge in [0, 0.05) is 24.5 Å².